The maximum atomic E-state index is 8.79. The van der Waals surface area contributed by atoms with Gasteiger partial charge in [-0.3, -0.25) is 9.88 Å². The normalized spacial score (nSPS) is 22.6. The van der Waals surface area contributed by atoms with Crippen LogP contribution in [0.25, 0.3) is 0 Å². The minimum absolute atomic E-state index is 0.0377. The van der Waals surface area contributed by atoms with E-state index in [0.717, 1.165) is 38.0 Å². The van der Waals surface area contributed by atoms with E-state index in [-0.39, 0.29) is 6.04 Å². The SMILES string of the molecule is NC(=NO)C1CCCCN1Cc1ccccn1. The monoisotopic (exact) mass is 234 g/mol. The van der Waals surface area contributed by atoms with Crippen LogP contribution in [0.1, 0.15) is 25.0 Å². The Morgan fingerprint density at radius 2 is 2.41 bits per heavy atom. The van der Waals surface area contributed by atoms with Gasteiger partial charge < -0.3 is 10.9 Å². The summed E-state index contributed by atoms with van der Waals surface area (Å²) in [5.41, 5.74) is 6.75. The average Bonchev–Trinajstić information content (AvgIpc) is 2.40. The van der Waals surface area contributed by atoms with Gasteiger partial charge in [-0.25, -0.2) is 0 Å². The number of hydrogen-bond acceptors (Lipinski definition) is 4. The first kappa shape index (κ1) is 11.9. The number of nitrogens with two attached hydrogens (primary N) is 1. The van der Waals surface area contributed by atoms with Crippen LogP contribution in [0, 0.1) is 0 Å². The second-order valence-corrected chi connectivity index (χ2v) is 4.33. The highest BCUT2D eigenvalue weighted by Gasteiger charge is 2.26. The average molecular weight is 234 g/mol. The second-order valence-electron chi connectivity index (χ2n) is 4.33. The molecule has 1 saturated heterocycles. The summed E-state index contributed by atoms with van der Waals surface area (Å²) in [4.78, 5) is 6.53. The third-order valence-corrected chi connectivity index (χ3v) is 3.16. The molecule has 3 N–H and O–H groups in total. The predicted octanol–water partition coefficient (Wildman–Crippen LogP) is 1.18. The van der Waals surface area contributed by atoms with E-state index in [2.05, 4.69) is 15.0 Å². The largest absolute Gasteiger partial charge is 0.409 e. The number of piperidine rings is 1. The van der Waals surface area contributed by atoms with Crippen molar-refractivity contribution in [2.24, 2.45) is 10.9 Å². The maximum absolute atomic E-state index is 8.79. The summed E-state index contributed by atoms with van der Waals surface area (Å²) in [5.74, 6) is 0.306. The van der Waals surface area contributed by atoms with Gasteiger partial charge in [0.2, 0.25) is 0 Å². The van der Waals surface area contributed by atoms with Gasteiger partial charge >= 0.3 is 0 Å². The summed E-state index contributed by atoms with van der Waals surface area (Å²) in [6, 6.07) is 5.92. The first-order valence-corrected chi connectivity index (χ1v) is 5.92. The Hall–Kier alpha value is -1.62. The number of likely N-dealkylation sites (tertiary alicyclic amines) is 1. The van der Waals surface area contributed by atoms with Crippen LogP contribution in [0.2, 0.25) is 0 Å². The number of aromatic nitrogens is 1. The third kappa shape index (κ3) is 2.94. The molecule has 0 bridgehead atoms. The molecule has 1 aromatic heterocycles. The van der Waals surface area contributed by atoms with E-state index in [1.807, 2.05) is 18.2 Å². The summed E-state index contributed by atoms with van der Waals surface area (Å²) < 4.78 is 0. The van der Waals surface area contributed by atoms with Crippen molar-refractivity contribution in [3.63, 3.8) is 0 Å². The third-order valence-electron chi connectivity index (χ3n) is 3.16. The standard InChI is InChI=1S/C12H18N4O/c13-12(15-17)11-6-2-4-8-16(11)9-10-5-1-3-7-14-10/h1,3,5,7,11,17H,2,4,6,8-9H2,(H2,13,15). The Labute approximate surface area is 101 Å². The minimum Gasteiger partial charge on any atom is -0.409 e. The molecule has 0 aromatic carbocycles. The van der Waals surface area contributed by atoms with E-state index in [4.69, 9.17) is 10.9 Å². The van der Waals surface area contributed by atoms with Crippen molar-refractivity contribution in [1.82, 2.24) is 9.88 Å². The van der Waals surface area contributed by atoms with Gasteiger partial charge in [-0.2, -0.15) is 0 Å². The molecule has 2 heterocycles. The molecule has 5 heteroatoms. The molecular weight excluding hydrogens is 216 g/mol. The lowest BCUT2D eigenvalue weighted by Crippen LogP contribution is -2.47. The Kier molecular flexibility index (Phi) is 3.93. The van der Waals surface area contributed by atoms with Crippen LogP contribution in [-0.4, -0.2) is 33.5 Å². The smallest absolute Gasteiger partial charge is 0.156 e. The first-order chi connectivity index (χ1) is 8.31. The van der Waals surface area contributed by atoms with E-state index >= 15 is 0 Å². The van der Waals surface area contributed by atoms with Crippen molar-refractivity contribution in [3.05, 3.63) is 30.1 Å². The van der Waals surface area contributed by atoms with Gasteiger partial charge in [0.1, 0.15) is 0 Å². The van der Waals surface area contributed by atoms with Gasteiger partial charge in [0.25, 0.3) is 0 Å². The lowest BCUT2D eigenvalue weighted by Gasteiger charge is -2.34. The summed E-state index contributed by atoms with van der Waals surface area (Å²) in [6.07, 6.45) is 5.02. The van der Waals surface area contributed by atoms with Crippen LogP contribution in [0.5, 0.6) is 0 Å². The fourth-order valence-corrected chi connectivity index (χ4v) is 2.28. The summed E-state index contributed by atoms with van der Waals surface area (Å²) in [7, 11) is 0. The minimum atomic E-state index is 0.0377. The van der Waals surface area contributed by atoms with Gasteiger partial charge in [0.15, 0.2) is 5.84 Å². The zero-order valence-corrected chi connectivity index (χ0v) is 9.79. The zero-order chi connectivity index (χ0) is 12.1. The molecule has 5 nitrogen and oxygen atoms in total. The highest BCUT2D eigenvalue weighted by atomic mass is 16.4. The lowest BCUT2D eigenvalue weighted by atomic mass is 10.0. The van der Waals surface area contributed by atoms with Gasteiger partial charge in [-0.1, -0.05) is 17.6 Å². The van der Waals surface area contributed by atoms with Crippen LogP contribution in [-0.2, 0) is 6.54 Å². The number of rotatable bonds is 3. The van der Waals surface area contributed by atoms with Crippen molar-refractivity contribution < 1.29 is 5.21 Å². The molecular formula is C12H18N4O. The fraction of sp³-hybridized carbons (Fsp3) is 0.500. The molecule has 0 spiro atoms. The van der Waals surface area contributed by atoms with Crippen LogP contribution >= 0.6 is 0 Å². The van der Waals surface area contributed by atoms with Crippen molar-refractivity contribution in [2.45, 2.75) is 31.8 Å². The molecule has 17 heavy (non-hydrogen) atoms. The molecule has 0 aliphatic carbocycles. The van der Waals surface area contributed by atoms with Crippen LogP contribution < -0.4 is 5.73 Å². The number of pyridine rings is 1. The molecule has 1 aromatic rings. The summed E-state index contributed by atoms with van der Waals surface area (Å²) in [5, 5.41) is 11.9. The molecule has 1 fully saturated rings. The zero-order valence-electron chi connectivity index (χ0n) is 9.79. The van der Waals surface area contributed by atoms with Crippen molar-refractivity contribution in [2.75, 3.05) is 6.54 Å². The molecule has 1 atom stereocenters. The number of amidine groups is 1. The van der Waals surface area contributed by atoms with E-state index in [1.54, 1.807) is 6.20 Å². The molecule has 1 aliphatic heterocycles. The first-order valence-electron chi connectivity index (χ1n) is 5.92. The van der Waals surface area contributed by atoms with Gasteiger partial charge in [-0.15, -0.1) is 0 Å². The Bertz CT molecular complexity index is 379. The number of nitrogens with zero attached hydrogens (tertiary/aromatic N) is 3. The molecule has 2 rings (SSSR count). The predicted molar refractivity (Wildman–Crippen MR) is 65.7 cm³/mol. The Morgan fingerprint density at radius 1 is 1.53 bits per heavy atom. The number of oxime groups is 1. The topological polar surface area (TPSA) is 74.7 Å². The molecule has 0 radical (unpaired) electrons. The highest BCUT2D eigenvalue weighted by Crippen LogP contribution is 2.19. The molecule has 0 saturated carbocycles. The summed E-state index contributed by atoms with van der Waals surface area (Å²) >= 11 is 0. The Balaban J connectivity index is 2.07. The van der Waals surface area contributed by atoms with E-state index < -0.39 is 0 Å². The Morgan fingerprint density at radius 3 is 3.12 bits per heavy atom. The molecule has 0 amide bonds. The molecule has 92 valence electrons. The van der Waals surface area contributed by atoms with Crippen molar-refractivity contribution >= 4 is 5.84 Å². The summed E-state index contributed by atoms with van der Waals surface area (Å²) in [6.45, 7) is 1.72. The van der Waals surface area contributed by atoms with Gasteiger partial charge in [0, 0.05) is 12.7 Å². The fourth-order valence-electron chi connectivity index (χ4n) is 2.28. The van der Waals surface area contributed by atoms with Crippen LogP contribution in [0.4, 0.5) is 0 Å². The maximum Gasteiger partial charge on any atom is 0.156 e. The van der Waals surface area contributed by atoms with Crippen molar-refractivity contribution in [1.29, 1.82) is 0 Å². The lowest BCUT2D eigenvalue weighted by molar-refractivity contribution is 0.176. The van der Waals surface area contributed by atoms with Gasteiger partial charge in [0.05, 0.1) is 11.7 Å². The van der Waals surface area contributed by atoms with Crippen LogP contribution in [0.15, 0.2) is 29.6 Å². The second kappa shape index (κ2) is 5.63. The van der Waals surface area contributed by atoms with E-state index in [0.29, 0.717) is 5.84 Å². The molecule has 1 aliphatic rings. The van der Waals surface area contributed by atoms with Crippen LogP contribution in [0.3, 0.4) is 0 Å². The van der Waals surface area contributed by atoms with Gasteiger partial charge in [-0.05, 0) is 31.5 Å². The molecule has 1 unspecified atom stereocenters. The van der Waals surface area contributed by atoms with E-state index in [9.17, 15) is 0 Å². The number of hydrogen-bond donors (Lipinski definition) is 2. The highest BCUT2D eigenvalue weighted by molar-refractivity contribution is 5.85. The quantitative estimate of drug-likeness (QED) is 0.356. The van der Waals surface area contributed by atoms with E-state index in [1.165, 1.54) is 0 Å². The van der Waals surface area contributed by atoms with Crippen molar-refractivity contribution in [3.8, 4) is 0 Å².